The summed E-state index contributed by atoms with van der Waals surface area (Å²) in [7, 11) is 0. The minimum Gasteiger partial charge on any atom is -0.330 e. The third-order valence-electron chi connectivity index (χ3n) is 1.90. The number of halogens is 1. The molecule has 1 rings (SSSR count). The van der Waals surface area contributed by atoms with E-state index in [4.69, 9.17) is 11.6 Å². The lowest BCUT2D eigenvalue weighted by atomic mass is 10.1. The van der Waals surface area contributed by atoms with Gasteiger partial charge >= 0.3 is 0 Å². The number of nitrogens with one attached hydrogen (secondary N) is 1. The highest BCUT2D eigenvalue weighted by Gasteiger charge is 2.20. The SMILES string of the molecule is CC1=CC(C)=C(Cl)[C@H](C)C(=O)N1. The van der Waals surface area contributed by atoms with Gasteiger partial charge in [0.1, 0.15) is 0 Å². The van der Waals surface area contributed by atoms with Crippen molar-refractivity contribution in [3.63, 3.8) is 0 Å². The number of amides is 1. The number of hydrogen-bond acceptors (Lipinski definition) is 1. The van der Waals surface area contributed by atoms with Gasteiger partial charge in [-0.15, -0.1) is 0 Å². The van der Waals surface area contributed by atoms with Gasteiger partial charge in [0.05, 0.1) is 5.92 Å². The average molecular weight is 186 g/mol. The summed E-state index contributed by atoms with van der Waals surface area (Å²) in [5, 5.41) is 3.38. The monoisotopic (exact) mass is 185 g/mol. The van der Waals surface area contributed by atoms with Crippen LogP contribution in [0.3, 0.4) is 0 Å². The molecule has 1 heterocycles. The lowest BCUT2D eigenvalue weighted by molar-refractivity contribution is -0.122. The molecule has 12 heavy (non-hydrogen) atoms. The molecule has 0 spiro atoms. The Labute approximate surface area is 77.3 Å². The van der Waals surface area contributed by atoms with Crippen LogP contribution in [0.2, 0.25) is 0 Å². The van der Waals surface area contributed by atoms with Crippen LogP contribution in [0.5, 0.6) is 0 Å². The normalized spacial score (nSPS) is 24.8. The molecule has 0 bridgehead atoms. The van der Waals surface area contributed by atoms with Gasteiger partial charge in [-0.25, -0.2) is 0 Å². The molecule has 0 saturated heterocycles. The summed E-state index contributed by atoms with van der Waals surface area (Å²) in [5.41, 5.74) is 1.81. The molecule has 1 aliphatic rings. The van der Waals surface area contributed by atoms with Gasteiger partial charge in [-0.2, -0.15) is 0 Å². The smallest absolute Gasteiger partial charge is 0.232 e. The molecule has 1 atom stereocenters. The molecule has 2 nitrogen and oxygen atoms in total. The van der Waals surface area contributed by atoms with Gasteiger partial charge in [0.25, 0.3) is 0 Å². The Hall–Kier alpha value is -0.760. The van der Waals surface area contributed by atoms with Gasteiger partial charge in [0, 0.05) is 10.7 Å². The maximum absolute atomic E-state index is 11.3. The first-order chi connectivity index (χ1) is 5.52. The number of carbonyl (C=O) groups is 1. The summed E-state index contributed by atoms with van der Waals surface area (Å²) in [6, 6.07) is 0. The quantitative estimate of drug-likeness (QED) is 0.616. The van der Waals surface area contributed by atoms with Crippen LogP contribution < -0.4 is 5.32 Å². The standard InChI is InChI=1S/C9H12ClNO/c1-5-4-6(2)11-9(12)7(3)8(5)10/h4,7H,1-3H3,(H,11,12)/t7-/m0/s1. The van der Waals surface area contributed by atoms with Crippen LogP contribution in [-0.4, -0.2) is 5.91 Å². The molecule has 1 aliphatic heterocycles. The first kappa shape index (κ1) is 9.33. The van der Waals surface area contributed by atoms with Gasteiger partial charge < -0.3 is 5.32 Å². The van der Waals surface area contributed by atoms with Gasteiger partial charge in [-0.05, 0) is 32.4 Å². The molecule has 0 aromatic rings. The highest BCUT2D eigenvalue weighted by atomic mass is 35.5. The molecule has 0 aliphatic carbocycles. The summed E-state index contributed by atoms with van der Waals surface area (Å²) in [6.07, 6.45) is 1.88. The highest BCUT2D eigenvalue weighted by molar-refractivity contribution is 6.32. The Morgan fingerprint density at radius 3 is 2.67 bits per heavy atom. The summed E-state index contributed by atoms with van der Waals surface area (Å²) in [5.74, 6) is -0.272. The van der Waals surface area contributed by atoms with Gasteiger partial charge in [0.15, 0.2) is 0 Å². The maximum atomic E-state index is 11.3. The van der Waals surface area contributed by atoms with Crippen LogP contribution in [0, 0.1) is 5.92 Å². The van der Waals surface area contributed by atoms with Crippen molar-refractivity contribution in [3.8, 4) is 0 Å². The van der Waals surface area contributed by atoms with Crippen LogP contribution in [0.25, 0.3) is 0 Å². The van der Waals surface area contributed by atoms with E-state index in [1.165, 1.54) is 0 Å². The Morgan fingerprint density at radius 2 is 2.08 bits per heavy atom. The van der Waals surface area contributed by atoms with E-state index in [0.29, 0.717) is 5.03 Å². The van der Waals surface area contributed by atoms with Gasteiger partial charge in [-0.3, -0.25) is 4.79 Å². The predicted molar refractivity (Wildman–Crippen MR) is 49.6 cm³/mol. The second-order valence-corrected chi connectivity index (χ2v) is 3.48. The molecular weight excluding hydrogens is 174 g/mol. The van der Waals surface area contributed by atoms with E-state index in [9.17, 15) is 4.79 Å². The van der Waals surface area contributed by atoms with E-state index in [1.54, 1.807) is 6.92 Å². The number of carbonyl (C=O) groups excluding carboxylic acids is 1. The Bertz CT molecular complexity index is 278. The number of rotatable bonds is 0. The van der Waals surface area contributed by atoms with E-state index in [0.717, 1.165) is 11.3 Å². The molecule has 1 N–H and O–H groups in total. The summed E-state index contributed by atoms with van der Waals surface area (Å²) < 4.78 is 0. The van der Waals surface area contributed by atoms with Gasteiger partial charge in [0.2, 0.25) is 5.91 Å². The fourth-order valence-electron chi connectivity index (χ4n) is 1.19. The lowest BCUT2D eigenvalue weighted by Crippen LogP contribution is -2.26. The third kappa shape index (κ3) is 1.69. The van der Waals surface area contributed by atoms with Crippen molar-refractivity contribution in [2.75, 3.05) is 0 Å². The fraction of sp³-hybridized carbons (Fsp3) is 0.444. The van der Waals surface area contributed by atoms with Crippen LogP contribution in [0.4, 0.5) is 0 Å². The Kier molecular flexibility index (Phi) is 2.58. The van der Waals surface area contributed by atoms with Crippen molar-refractivity contribution in [1.29, 1.82) is 0 Å². The van der Waals surface area contributed by atoms with E-state index in [2.05, 4.69) is 5.32 Å². The van der Waals surface area contributed by atoms with E-state index < -0.39 is 0 Å². The molecule has 3 heteroatoms. The Morgan fingerprint density at radius 1 is 1.50 bits per heavy atom. The molecule has 0 radical (unpaired) electrons. The molecule has 1 amide bonds. The van der Waals surface area contributed by atoms with E-state index in [1.807, 2.05) is 19.9 Å². The zero-order chi connectivity index (χ0) is 9.30. The number of hydrogen-bond donors (Lipinski definition) is 1. The largest absolute Gasteiger partial charge is 0.330 e. The van der Waals surface area contributed by atoms with E-state index >= 15 is 0 Å². The molecule has 0 fully saturated rings. The molecule has 0 aromatic heterocycles. The Balaban J connectivity index is 3.08. The lowest BCUT2D eigenvalue weighted by Gasteiger charge is -2.08. The molecule has 0 unspecified atom stereocenters. The zero-order valence-corrected chi connectivity index (χ0v) is 8.20. The van der Waals surface area contributed by atoms with Crippen molar-refractivity contribution >= 4 is 17.5 Å². The fourth-order valence-corrected chi connectivity index (χ4v) is 1.34. The molecular formula is C9H12ClNO. The first-order valence-corrected chi connectivity index (χ1v) is 4.25. The highest BCUT2D eigenvalue weighted by Crippen LogP contribution is 2.23. The van der Waals surface area contributed by atoms with Crippen molar-refractivity contribution < 1.29 is 4.79 Å². The second-order valence-electron chi connectivity index (χ2n) is 3.07. The second kappa shape index (κ2) is 3.31. The molecule has 0 saturated carbocycles. The predicted octanol–water partition coefficient (Wildman–Crippen LogP) is 2.17. The minimum absolute atomic E-state index is 0.0365. The molecule has 0 aromatic carbocycles. The third-order valence-corrected chi connectivity index (χ3v) is 2.53. The van der Waals surface area contributed by atoms with Crippen LogP contribution in [-0.2, 0) is 4.79 Å². The van der Waals surface area contributed by atoms with Gasteiger partial charge in [-0.1, -0.05) is 11.6 Å². The zero-order valence-electron chi connectivity index (χ0n) is 7.44. The van der Waals surface area contributed by atoms with Crippen LogP contribution in [0.1, 0.15) is 20.8 Å². The van der Waals surface area contributed by atoms with Crippen LogP contribution in [0.15, 0.2) is 22.4 Å². The average Bonchev–Trinajstić information content (AvgIpc) is 2.05. The molecule has 66 valence electrons. The van der Waals surface area contributed by atoms with Crippen molar-refractivity contribution in [2.24, 2.45) is 5.92 Å². The minimum atomic E-state index is -0.236. The van der Waals surface area contributed by atoms with Crippen LogP contribution >= 0.6 is 11.6 Å². The van der Waals surface area contributed by atoms with Crippen molar-refractivity contribution in [2.45, 2.75) is 20.8 Å². The first-order valence-electron chi connectivity index (χ1n) is 3.88. The number of allylic oxidation sites excluding steroid dienone is 3. The summed E-state index contributed by atoms with van der Waals surface area (Å²) in [4.78, 5) is 11.3. The summed E-state index contributed by atoms with van der Waals surface area (Å²) in [6.45, 7) is 5.56. The topological polar surface area (TPSA) is 29.1 Å². The summed E-state index contributed by atoms with van der Waals surface area (Å²) >= 11 is 5.96. The van der Waals surface area contributed by atoms with Crippen molar-refractivity contribution in [1.82, 2.24) is 5.32 Å². The van der Waals surface area contributed by atoms with Crippen molar-refractivity contribution in [3.05, 3.63) is 22.4 Å². The van der Waals surface area contributed by atoms with E-state index in [-0.39, 0.29) is 11.8 Å². The maximum Gasteiger partial charge on any atom is 0.232 e.